The number of aliphatic hydroxyl groups excluding tert-OH is 1. The van der Waals surface area contributed by atoms with E-state index in [2.05, 4.69) is 4.90 Å². The summed E-state index contributed by atoms with van der Waals surface area (Å²) in [6.07, 6.45) is -0.311. The second-order valence-electron chi connectivity index (χ2n) is 4.86. The third kappa shape index (κ3) is 6.36. The number of benzene rings is 1. The minimum absolute atomic E-state index is 0.151. The second-order valence-corrected chi connectivity index (χ2v) is 5.30. The van der Waals surface area contributed by atoms with Gasteiger partial charge in [-0.25, -0.2) is 0 Å². The topological polar surface area (TPSA) is 32.7 Å². The second kappa shape index (κ2) is 7.74. The lowest BCUT2D eigenvalue weighted by Gasteiger charge is -2.21. The summed E-state index contributed by atoms with van der Waals surface area (Å²) in [5.41, 5.74) is 1.14. The number of rotatable bonds is 7. The van der Waals surface area contributed by atoms with Gasteiger partial charge in [0.15, 0.2) is 0 Å². The molecule has 0 radical (unpaired) electrons. The van der Waals surface area contributed by atoms with Crippen molar-refractivity contribution in [3.05, 3.63) is 34.9 Å². The molecule has 0 spiro atoms. The van der Waals surface area contributed by atoms with Crippen LogP contribution in [0.15, 0.2) is 24.3 Å². The fourth-order valence-electron chi connectivity index (χ4n) is 1.73. The molecule has 3 nitrogen and oxygen atoms in total. The normalized spacial score (nSPS) is 13.3. The van der Waals surface area contributed by atoms with Gasteiger partial charge in [0.2, 0.25) is 0 Å². The van der Waals surface area contributed by atoms with Crippen molar-refractivity contribution in [2.24, 2.45) is 0 Å². The maximum absolute atomic E-state index is 9.81. The molecule has 0 bridgehead atoms. The van der Waals surface area contributed by atoms with E-state index in [1.807, 2.05) is 45.2 Å². The summed E-state index contributed by atoms with van der Waals surface area (Å²) in [4.78, 5) is 2.06. The van der Waals surface area contributed by atoms with Crippen molar-refractivity contribution in [1.29, 1.82) is 0 Å². The van der Waals surface area contributed by atoms with Crippen LogP contribution >= 0.6 is 11.6 Å². The molecular formula is C14H22ClNO2. The molecule has 0 aliphatic rings. The van der Waals surface area contributed by atoms with Crippen molar-refractivity contribution in [1.82, 2.24) is 4.90 Å². The van der Waals surface area contributed by atoms with Crippen molar-refractivity contribution in [3.63, 3.8) is 0 Å². The average Bonchev–Trinajstić information content (AvgIpc) is 2.26. The lowest BCUT2D eigenvalue weighted by atomic mass is 10.2. The molecule has 0 heterocycles. The van der Waals surface area contributed by atoms with Crippen LogP contribution in [0.3, 0.4) is 0 Å². The highest BCUT2D eigenvalue weighted by Gasteiger charge is 2.09. The van der Waals surface area contributed by atoms with Gasteiger partial charge in [-0.2, -0.15) is 0 Å². The zero-order valence-corrected chi connectivity index (χ0v) is 12.0. The first-order valence-electron chi connectivity index (χ1n) is 6.20. The molecule has 0 unspecified atom stereocenters. The fourth-order valence-corrected chi connectivity index (χ4v) is 1.94. The quantitative estimate of drug-likeness (QED) is 0.827. The Morgan fingerprint density at radius 1 is 1.39 bits per heavy atom. The van der Waals surface area contributed by atoms with Crippen molar-refractivity contribution in [3.8, 4) is 0 Å². The van der Waals surface area contributed by atoms with Crippen molar-refractivity contribution in [2.75, 3.05) is 20.2 Å². The Morgan fingerprint density at radius 2 is 2.11 bits per heavy atom. The molecule has 1 N–H and O–H groups in total. The molecule has 0 aliphatic carbocycles. The van der Waals surface area contributed by atoms with Gasteiger partial charge >= 0.3 is 0 Å². The fraction of sp³-hybridized carbons (Fsp3) is 0.571. The molecule has 1 rings (SSSR count). The van der Waals surface area contributed by atoms with E-state index in [4.69, 9.17) is 16.3 Å². The van der Waals surface area contributed by atoms with Gasteiger partial charge in [0.05, 0.1) is 18.8 Å². The molecule has 0 saturated heterocycles. The molecule has 0 aromatic heterocycles. The maximum atomic E-state index is 9.81. The Hall–Kier alpha value is -0.610. The predicted octanol–water partition coefficient (Wildman–Crippen LogP) is 2.56. The van der Waals surface area contributed by atoms with Gasteiger partial charge in [0, 0.05) is 18.1 Å². The van der Waals surface area contributed by atoms with Gasteiger partial charge in [-0.3, -0.25) is 4.90 Å². The number of nitrogens with zero attached hydrogens (tertiary/aromatic N) is 1. The SMILES string of the molecule is CC(C)OC[C@H](O)CN(C)Cc1cccc(Cl)c1. The highest BCUT2D eigenvalue weighted by atomic mass is 35.5. The highest BCUT2D eigenvalue weighted by Crippen LogP contribution is 2.12. The van der Waals surface area contributed by atoms with Crippen LogP contribution < -0.4 is 0 Å². The van der Waals surface area contributed by atoms with Crippen LogP contribution in [0.4, 0.5) is 0 Å². The van der Waals surface area contributed by atoms with Crippen LogP contribution in [0.2, 0.25) is 5.02 Å². The molecule has 0 amide bonds. The smallest absolute Gasteiger partial charge is 0.0900 e. The van der Waals surface area contributed by atoms with Gasteiger partial charge in [-0.15, -0.1) is 0 Å². The van der Waals surface area contributed by atoms with Crippen LogP contribution in [0, 0.1) is 0 Å². The number of hydrogen-bond acceptors (Lipinski definition) is 3. The van der Waals surface area contributed by atoms with Crippen LogP contribution in [0.1, 0.15) is 19.4 Å². The summed E-state index contributed by atoms with van der Waals surface area (Å²) in [6, 6.07) is 7.76. The van der Waals surface area contributed by atoms with Gasteiger partial charge in [-0.1, -0.05) is 23.7 Å². The third-order valence-corrected chi connectivity index (χ3v) is 2.72. The van der Waals surface area contributed by atoms with E-state index in [1.54, 1.807) is 0 Å². The predicted molar refractivity (Wildman–Crippen MR) is 74.9 cm³/mol. The first kappa shape index (κ1) is 15.4. The number of aliphatic hydroxyl groups is 1. The summed E-state index contributed by atoms with van der Waals surface area (Å²) in [6.45, 7) is 5.64. The first-order valence-corrected chi connectivity index (χ1v) is 6.58. The number of likely N-dealkylation sites (N-methyl/N-ethyl adjacent to an activating group) is 1. The Labute approximate surface area is 114 Å². The monoisotopic (exact) mass is 271 g/mol. The largest absolute Gasteiger partial charge is 0.389 e. The first-order chi connectivity index (χ1) is 8.47. The zero-order valence-electron chi connectivity index (χ0n) is 11.3. The van der Waals surface area contributed by atoms with E-state index in [0.29, 0.717) is 13.2 Å². The molecule has 18 heavy (non-hydrogen) atoms. The van der Waals surface area contributed by atoms with E-state index in [9.17, 15) is 5.11 Å². The van der Waals surface area contributed by atoms with E-state index in [-0.39, 0.29) is 6.10 Å². The highest BCUT2D eigenvalue weighted by molar-refractivity contribution is 6.30. The van der Waals surface area contributed by atoms with Gasteiger partial charge in [-0.05, 0) is 38.6 Å². The van der Waals surface area contributed by atoms with Crippen molar-refractivity contribution in [2.45, 2.75) is 32.6 Å². The average molecular weight is 272 g/mol. The van der Waals surface area contributed by atoms with Crippen LogP contribution in [-0.4, -0.2) is 42.4 Å². The van der Waals surface area contributed by atoms with Gasteiger partial charge in [0.25, 0.3) is 0 Å². The number of ether oxygens (including phenoxy) is 1. The molecule has 1 atom stereocenters. The molecule has 0 aliphatic heterocycles. The summed E-state index contributed by atoms with van der Waals surface area (Å²) >= 11 is 5.93. The molecule has 102 valence electrons. The Balaban J connectivity index is 2.34. The summed E-state index contributed by atoms with van der Waals surface area (Å²) in [5.74, 6) is 0. The summed E-state index contributed by atoms with van der Waals surface area (Å²) in [5, 5.41) is 10.5. The van der Waals surface area contributed by atoms with E-state index in [1.165, 1.54) is 0 Å². The number of halogens is 1. The molecule has 0 fully saturated rings. The van der Waals surface area contributed by atoms with Crippen LogP contribution in [-0.2, 0) is 11.3 Å². The Bertz CT molecular complexity index is 357. The molecule has 4 heteroatoms. The standard InChI is InChI=1S/C14H22ClNO2/c1-11(2)18-10-14(17)9-16(3)8-12-5-4-6-13(15)7-12/h4-7,11,14,17H,8-10H2,1-3H3/t14-/m1/s1. The lowest BCUT2D eigenvalue weighted by Crippen LogP contribution is -2.32. The van der Waals surface area contributed by atoms with Gasteiger partial charge in [0.1, 0.15) is 0 Å². The van der Waals surface area contributed by atoms with Crippen LogP contribution in [0.5, 0.6) is 0 Å². The van der Waals surface area contributed by atoms with Crippen LogP contribution in [0.25, 0.3) is 0 Å². The van der Waals surface area contributed by atoms with E-state index < -0.39 is 6.10 Å². The maximum Gasteiger partial charge on any atom is 0.0900 e. The van der Waals surface area contributed by atoms with Gasteiger partial charge < -0.3 is 9.84 Å². The zero-order chi connectivity index (χ0) is 13.5. The van der Waals surface area contributed by atoms with Crippen molar-refractivity contribution < 1.29 is 9.84 Å². The minimum Gasteiger partial charge on any atom is -0.389 e. The molecule has 0 saturated carbocycles. The van der Waals surface area contributed by atoms with Crippen molar-refractivity contribution >= 4 is 11.6 Å². The number of hydrogen-bond donors (Lipinski definition) is 1. The lowest BCUT2D eigenvalue weighted by molar-refractivity contribution is -0.00634. The molecular weight excluding hydrogens is 250 g/mol. The third-order valence-electron chi connectivity index (χ3n) is 2.49. The molecule has 1 aromatic carbocycles. The van der Waals surface area contributed by atoms with E-state index >= 15 is 0 Å². The summed E-state index contributed by atoms with van der Waals surface area (Å²) < 4.78 is 5.38. The Kier molecular flexibility index (Phi) is 6.65. The molecule has 1 aromatic rings. The summed E-state index contributed by atoms with van der Waals surface area (Å²) in [7, 11) is 1.97. The van der Waals surface area contributed by atoms with E-state index in [0.717, 1.165) is 17.1 Å². The minimum atomic E-state index is -0.461. The Morgan fingerprint density at radius 3 is 2.72 bits per heavy atom.